The highest BCUT2D eigenvalue weighted by molar-refractivity contribution is 7.11. The predicted molar refractivity (Wildman–Crippen MR) is 109 cm³/mol. The number of carbonyl (C=O) groups excluding carboxylic acids is 1. The zero-order chi connectivity index (χ0) is 20.1. The maximum atomic E-state index is 12.0. The Bertz CT molecular complexity index is 805. The third-order valence-electron chi connectivity index (χ3n) is 5.19. The summed E-state index contributed by atoms with van der Waals surface area (Å²) in [6.45, 7) is 5.50. The Hall–Kier alpha value is -2.12. The largest absolute Gasteiger partial charge is 0.497 e. The molecule has 1 N–H and O–H groups in total. The Labute approximate surface area is 170 Å². The molecule has 1 aliphatic rings. The highest BCUT2D eigenvalue weighted by Gasteiger charge is 2.36. The number of aliphatic hydroxyl groups is 1. The Balaban J connectivity index is 1.67. The van der Waals surface area contributed by atoms with E-state index in [2.05, 4.69) is 4.98 Å². The van der Waals surface area contributed by atoms with Gasteiger partial charge in [-0.1, -0.05) is 6.92 Å². The van der Waals surface area contributed by atoms with Gasteiger partial charge in [0.1, 0.15) is 28.7 Å². The summed E-state index contributed by atoms with van der Waals surface area (Å²) in [6.07, 6.45) is 2.41. The zero-order valence-electron chi connectivity index (χ0n) is 16.7. The van der Waals surface area contributed by atoms with Gasteiger partial charge in [0.25, 0.3) is 0 Å². The minimum absolute atomic E-state index is 0.146. The number of rotatable bonds is 6. The molecule has 1 aromatic heterocycles. The van der Waals surface area contributed by atoms with Crippen molar-refractivity contribution in [1.82, 2.24) is 9.88 Å². The van der Waals surface area contributed by atoms with Crippen molar-refractivity contribution in [3.8, 4) is 11.5 Å². The normalized spacial score (nSPS) is 19.9. The molecule has 1 saturated heterocycles. The molecule has 0 bridgehead atoms. The molecule has 1 amide bonds. The van der Waals surface area contributed by atoms with Gasteiger partial charge in [-0.25, -0.2) is 4.98 Å². The molecule has 1 unspecified atom stereocenters. The zero-order valence-corrected chi connectivity index (χ0v) is 17.6. The fourth-order valence-corrected chi connectivity index (χ4v) is 4.51. The number of ether oxygens (including phenoxy) is 2. The smallest absolute Gasteiger partial charge is 0.222 e. The maximum Gasteiger partial charge on any atom is 0.222 e. The Morgan fingerprint density at radius 3 is 2.64 bits per heavy atom. The highest BCUT2D eigenvalue weighted by Crippen LogP contribution is 2.37. The van der Waals surface area contributed by atoms with E-state index in [4.69, 9.17) is 9.47 Å². The van der Waals surface area contributed by atoms with Gasteiger partial charge in [-0.3, -0.25) is 4.79 Å². The lowest BCUT2D eigenvalue weighted by atomic mass is 9.96. The van der Waals surface area contributed by atoms with Gasteiger partial charge in [0.2, 0.25) is 5.91 Å². The molecule has 1 atom stereocenters. The van der Waals surface area contributed by atoms with Crippen molar-refractivity contribution in [1.29, 1.82) is 0 Å². The summed E-state index contributed by atoms with van der Waals surface area (Å²) in [5.41, 5.74) is -0.0935. The minimum atomic E-state index is -0.976. The van der Waals surface area contributed by atoms with Crippen LogP contribution in [0, 0.1) is 6.92 Å². The van der Waals surface area contributed by atoms with E-state index in [1.165, 1.54) is 11.3 Å². The summed E-state index contributed by atoms with van der Waals surface area (Å²) in [5, 5.41) is 12.0. The van der Waals surface area contributed by atoms with Crippen LogP contribution in [0.5, 0.6) is 11.5 Å². The van der Waals surface area contributed by atoms with Crippen LogP contribution in [0.2, 0.25) is 0 Å². The maximum absolute atomic E-state index is 12.0. The minimum Gasteiger partial charge on any atom is -0.497 e. The molecule has 0 spiro atoms. The second kappa shape index (κ2) is 8.92. The van der Waals surface area contributed by atoms with E-state index in [9.17, 15) is 9.90 Å². The highest BCUT2D eigenvalue weighted by atomic mass is 32.1. The van der Waals surface area contributed by atoms with Crippen LogP contribution in [-0.4, -0.2) is 41.1 Å². The lowest BCUT2D eigenvalue weighted by Crippen LogP contribution is -2.33. The van der Waals surface area contributed by atoms with Crippen LogP contribution in [0.15, 0.2) is 24.3 Å². The second-order valence-electron chi connectivity index (χ2n) is 7.11. The van der Waals surface area contributed by atoms with Crippen molar-refractivity contribution in [3.63, 3.8) is 0 Å². The van der Waals surface area contributed by atoms with Gasteiger partial charge >= 0.3 is 0 Å². The van der Waals surface area contributed by atoms with Crippen LogP contribution in [-0.2, 0) is 17.0 Å². The number of aryl methyl sites for hydroxylation is 1. The van der Waals surface area contributed by atoms with Gasteiger partial charge in [0.05, 0.1) is 17.7 Å². The fraction of sp³-hybridized carbons (Fsp3) is 0.524. The number of likely N-dealkylation sites (tertiary alicyclic amines) is 1. The molecular weight excluding hydrogens is 376 g/mol. The summed E-state index contributed by atoms with van der Waals surface area (Å²) >= 11 is 1.50. The molecule has 2 heterocycles. The van der Waals surface area contributed by atoms with Gasteiger partial charge in [0, 0.05) is 25.9 Å². The molecular formula is C21H28N2O4S. The third-order valence-corrected chi connectivity index (χ3v) is 6.51. The first kappa shape index (κ1) is 20.6. The second-order valence-corrected chi connectivity index (χ2v) is 8.19. The first-order valence-corrected chi connectivity index (χ1v) is 10.5. The van der Waals surface area contributed by atoms with E-state index in [0.29, 0.717) is 39.0 Å². The first-order valence-electron chi connectivity index (χ1n) is 9.69. The van der Waals surface area contributed by atoms with Crippen LogP contribution in [0.3, 0.4) is 0 Å². The van der Waals surface area contributed by atoms with E-state index in [0.717, 1.165) is 33.5 Å². The van der Waals surface area contributed by atoms with Crippen molar-refractivity contribution in [3.05, 3.63) is 39.8 Å². The van der Waals surface area contributed by atoms with E-state index in [1.807, 2.05) is 43.0 Å². The Morgan fingerprint density at radius 1 is 1.25 bits per heavy atom. The summed E-state index contributed by atoms with van der Waals surface area (Å²) in [4.78, 5) is 19.5. The number of hydrogen-bond donors (Lipinski definition) is 1. The molecule has 152 valence electrons. The molecule has 0 saturated carbocycles. The SMILES string of the molecule is CCC(=O)N1CCCC(O)(c2nc(C)c(COc3ccc(OC)cc3)s2)CC1. The van der Waals surface area contributed by atoms with Crippen LogP contribution in [0.25, 0.3) is 0 Å². The third kappa shape index (κ3) is 4.64. The summed E-state index contributed by atoms with van der Waals surface area (Å²) in [6, 6.07) is 7.46. The number of hydrogen-bond acceptors (Lipinski definition) is 6. The standard InChI is InChI=1S/C21H28N2O4S/c1-4-19(24)23-12-5-10-21(25,11-13-23)20-22-15(2)18(28-20)14-27-17-8-6-16(26-3)7-9-17/h6-9,25H,4-5,10-14H2,1-3H3. The van der Waals surface area contributed by atoms with Gasteiger partial charge in [0.15, 0.2) is 0 Å². The topological polar surface area (TPSA) is 71.9 Å². The van der Waals surface area contributed by atoms with Crippen LogP contribution in [0.4, 0.5) is 0 Å². The van der Waals surface area contributed by atoms with Crippen LogP contribution >= 0.6 is 11.3 Å². The monoisotopic (exact) mass is 404 g/mol. The Morgan fingerprint density at radius 2 is 1.96 bits per heavy atom. The van der Waals surface area contributed by atoms with Crippen molar-refractivity contribution < 1.29 is 19.4 Å². The van der Waals surface area contributed by atoms with E-state index >= 15 is 0 Å². The van der Waals surface area contributed by atoms with Gasteiger partial charge < -0.3 is 19.5 Å². The van der Waals surface area contributed by atoms with E-state index < -0.39 is 5.60 Å². The molecule has 2 aromatic rings. The number of aromatic nitrogens is 1. The molecule has 6 nitrogen and oxygen atoms in total. The molecule has 0 aliphatic carbocycles. The first-order chi connectivity index (χ1) is 13.4. The van der Waals surface area contributed by atoms with Gasteiger partial charge in [-0.15, -0.1) is 11.3 Å². The van der Waals surface area contributed by atoms with E-state index in [-0.39, 0.29) is 5.91 Å². The number of nitrogens with zero attached hydrogens (tertiary/aromatic N) is 2. The Kier molecular flexibility index (Phi) is 6.57. The fourth-order valence-electron chi connectivity index (χ4n) is 3.39. The van der Waals surface area contributed by atoms with Gasteiger partial charge in [-0.05, 0) is 44.0 Å². The molecule has 0 radical (unpaired) electrons. The number of methoxy groups -OCH3 is 1. The van der Waals surface area contributed by atoms with Crippen molar-refractivity contribution in [2.45, 2.75) is 51.7 Å². The van der Waals surface area contributed by atoms with Gasteiger partial charge in [-0.2, -0.15) is 0 Å². The summed E-state index contributed by atoms with van der Waals surface area (Å²) < 4.78 is 11.0. The summed E-state index contributed by atoms with van der Waals surface area (Å²) in [5.74, 6) is 1.69. The lowest BCUT2D eigenvalue weighted by molar-refractivity contribution is -0.131. The molecule has 3 rings (SSSR count). The molecule has 1 fully saturated rings. The predicted octanol–water partition coefficient (Wildman–Crippen LogP) is 3.65. The van der Waals surface area contributed by atoms with E-state index in [1.54, 1.807) is 7.11 Å². The lowest BCUT2D eigenvalue weighted by Gasteiger charge is -2.24. The molecule has 28 heavy (non-hydrogen) atoms. The van der Waals surface area contributed by atoms with Crippen molar-refractivity contribution in [2.24, 2.45) is 0 Å². The number of carbonyl (C=O) groups is 1. The van der Waals surface area contributed by atoms with Crippen LogP contribution in [0.1, 0.15) is 48.2 Å². The average molecular weight is 405 g/mol. The molecule has 7 heteroatoms. The number of benzene rings is 1. The number of amides is 1. The average Bonchev–Trinajstić information content (AvgIpc) is 2.97. The number of thiazole rings is 1. The van der Waals surface area contributed by atoms with Crippen molar-refractivity contribution in [2.75, 3.05) is 20.2 Å². The summed E-state index contributed by atoms with van der Waals surface area (Å²) in [7, 11) is 1.63. The molecule has 1 aliphatic heterocycles. The molecule has 1 aromatic carbocycles. The van der Waals surface area contributed by atoms with Crippen LogP contribution < -0.4 is 9.47 Å². The quantitative estimate of drug-likeness (QED) is 0.796. The van der Waals surface area contributed by atoms with Crippen molar-refractivity contribution >= 4 is 17.2 Å².